The molecule has 3 heterocycles. The molecule has 9 heteroatoms. The number of nitrogens with one attached hydrogen (secondary N) is 1. The van der Waals surface area contributed by atoms with E-state index in [0.29, 0.717) is 28.4 Å². The quantitative estimate of drug-likeness (QED) is 0.533. The third-order valence-corrected chi connectivity index (χ3v) is 4.50. The van der Waals surface area contributed by atoms with E-state index in [1.165, 1.54) is 11.3 Å². The lowest BCUT2D eigenvalue weighted by atomic mass is 10.2. The molecule has 26 heavy (non-hydrogen) atoms. The number of nitrogens with zero attached hydrogens (tertiary/aromatic N) is 4. The van der Waals surface area contributed by atoms with Crippen LogP contribution in [0, 0.1) is 0 Å². The van der Waals surface area contributed by atoms with Crippen molar-refractivity contribution in [3.8, 4) is 22.8 Å². The van der Waals surface area contributed by atoms with E-state index in [2.05, 4.69) is 25.4 Å². The second-order valence-electron chi connectivity index (χ2n) is 5.40. The van der Waals surface area contributed by atoms with E-state index in [0.717, 1.165) is 22.6 Å². The molecule has 1 aromatic carbocycles. The fraction of sp³-hybridized carbons (Fsp3) is 0.0588. The predicted molar refractivity (Wildman–Crippen MR) is 102 cm³/mol. The summed E-state index contributed by atoms with van der Waals surface area (Å²) in [7, 11) is 0. The summed E-state index contributed by atoms with van der Waals surface area (Å²) in [6.07, 6.45) is 1.67. The second kappa shape index (κ2) is 7.11. The van der Waals surface area contributed by atoms with Gasteiger partial charge in [0.15, 0.2) is 5.13 Å². The van der Waals surface area contributed by atoms with Gasteiger partial charge in [-0.1, -0.05) is 28.9 Å². The SMILES string of the molecule is Nc1nc(CNc2ccc(-c3nc(-c4cccc(Cl)c4)no3)cn2)cs1. The molecule has 0 aliphatic heterocycles. The summed E-state index contributed by atoms with van der Waals surface area (Å²) in [4.78, 5) is 12.9. The van der Waals surface area contributed by atoms with Gasteiger partial charge in [-0.25, -0.2) is 9.97 Å². The molecule has 0 unspecified atom stereocenters. The molecular weight excluding hydrogens is 372 g/mol. The molecule has 4 aromatic rings. The molecule has 0 saturated heterocycles. The van der Waals surface area contributed by atoms with Crippen molar-refractivity contribution >= 4 is 33.9 Å². The van der Waals surface area contributed by atoms with Crippen LogP contribution in [0.5, 0.6) is 0 Å². The fourth-order valence-electron chi connectivity index (χ4n) is 2.30. The Hall–Kier alpha value is -2.97. The van der Waals surface area contributed by atoms with Gasteiger partial charge in [0, 0.05) is 22.2 Å². The van der Waals surface area contributed by atoms with Gasteiger partial charge < -0.3 is 15.6 Å². The van der Waals surface area contributed by atoms with Crippen molar-refractivity contribution in [2.24, 2.45) is 0 Å². The zero-order valence-corrected chi connectivity index (χ0v) is 15.0. The number of aromatic nitrogens is 4. The molecule has 0 spiro atoms. The van der Waals surface area contributed by atoms with Crippen molar-refractivity contribution in [1.29, 1.82) is 0 Å². The molecule has 0 aliphatic carbocycles. The first kappa shape index (κ1) is 16.5. The average molecular weight is 385 g/mol. The first-order chi connectivity index (χ1) is 12.7. The normalized spacial score (nSPS) is 10.8. The number of nitrogens with two attached hydrogens (primary N) is 1. The Morgan fingerprint density at radius 1 is 1.15 bits per heavy atom. The zero-order valence-electron chi connectivity index (χ0n) is 13.4. The van der Waals surface area contributed by atoms with Gasteiger partial charge in [-0.15, -0.1) is 11.3 Å². The number of nitrogen functional groups attached to an aromatic ring is 1. The van der Waals surface area contributed by atoms with Crippen LogP contribution in [0.15, 0.2) is 52.5 Å². The minimum atomic E-state index is 0.395. The number of hydrogen-bond acceptors (Lipinski definition) is 8. The van der Waals surface area contributed by atoms with Crippen molar-refractivity contribution in [3.05, 3.63) is 58.7 Å². The van der Waals surface area contributed by atoms with E-state index in [1.807, 2.05) is 29.6 Å². The highest BCUT2D eigenvalue weighted by Crippen LogP contribution is 2.24. The van der Waals surface area contributed by atoms with Gasteiger partial charge in [-0.3, -0.25) is 0 Å². The van der Waals surface area contributed by atoms with Gasteiger partial charge in [0.1, 0.15) is 5.82 Å². The van der Waals surface area contributed by atoms with Crippen LogP contribution in [0.4, 0.5) is 10.9 Å². The Balaban J connectivity index is 1.47. The highest BCUT2D eigenvalue weighted by atomic mass is 35.5. The topological polar surface area (TPSA) is 103 Å². The summed E-state index contributed by atoms with van der Waals surface area (Å²) in [5, 5.41) is 10.3. The van der Waals surface area contributed by atoms with Crippen molar-refractivity contribution in [2.75, 3.05) is 11.1 Å². The van der Waals surface area contributed by atoms with Crippen molar-refractivity contribution in [2.45, 2.75) is 6.54 Å². The zero-order chi connectivity index (χ0) is 17.9. The molecule has 7 nitrogen and oxygen atoms in total. The third kappa shape index (κ3) is 3.66. The monoisotopic (exact) mass is 384 g/mol. The number of anilines is 2. The number of hydrogen-bond donors (Lipinski definition) is 2. The van der Waals surface area contributed by atoms with E-state index in [9.17, 15) is 0 Å². The van der Waals surface area contributed by atoms with E-state index >= 15 is 0 Å². The molecule has 0 bridgehead atoms. The Labute approximate surface area is 157 Å². The van der Waals surface area contributed by atoms with Crippen LogP contribution in [0.25, 0.3) is 22.8 Å². The smallest absolute Gasteiger partial charge is 0.259 e. The molecule has 4 rings (SSSR count). The minimum absolute atomic E-state index is 0.395. The number of halogens is 1. The average Bonchev–Trinajstić information content (AvgIpc) is 3.30. The fourth-order valence-corrected chi connectivity index (χ4v) is 3.05. The van der Waals surface area contributed by atoms with Crippen LogP contribution in [0.2, 0.25) is 5.02 Å². The lowest BCUT2D eigenvalue weighted by Crippen LogP contribution is -2.01. The molecule has 0 fully saturated rings. The molecule has 0 aliphatic rings. The lowest BCUT2D eigenvalue weighted by Gasteiger charge is -2.03. The number of thiazole rings is 1. The highest BCUT2D eigenvalue weighted by molar-refractivity contribution is 7.13. The van der Waals surface area contributed by atoms with Crippen molar-refractivity contribution < 1.29 is 4.52 Å². The first-order valence-electron chi connectivity index (χ1n) is 7.67. The van der Waals surface area contributed by atoms with Crippen LogP contribution < -0.4 is 11.1 Å². The van der Waals surface area contributed by atoms with E-state index in [-0.39, 0.29) is 0 Å². The Morgan fingerprint density at radius 3 is 2.81 bits per heavy atom. The van der Waals surface area contributed by atoms with Crippen LogP contribution in [0.3, 0.4) is 0 Å². The minimum Gasteiger partial charge on any atom is -0.375 e. The molecule has 130 valence electrons. The van der Waals surface area contributed by atoms with Gasteiger partial charge in [0.2, 0.25) is 5.82 Å². The van der Waals surface area contributed by atoms with Crippen molar-refractivity contribution in [1.82, 2.24) is 20.1 Å². The summed E-state index contributed by atoms with van der Waals surface area (Å²) >= 11 is 7.41. The molecule has 3 N–H and O–H groups in total. The van der Waals surface area contributed by atoms with Gasteiger partial charge >= 0.3 is 0 Å². The van der Waals surface area contributed by atoms with Crippen LogP contribution >= 0.6 is 22.9 Å². The van der Waals surface area contributed by atoms with Crippen LogP contribution in [-0.2, 0) is 6.54 Å². The van der Waals surface area contributed by atoms with Crippen LogP contribution in [0.1, 0.15) is 5.69 Å². The largest absolute Gasteiger partial charge is 0.375 e. The van der Waals surface area contributed by atoms with Crippen LogP contribution in [-0.4, -0.2) is 20.1 Å². The number of rotatable bonds is 5. The lowest BCUT2D eigenvalue weighted by molar-refractivity contribution is 0.432. The van der Waals surface area contributed by atoms with Gasteiger partial charge in [-0.05, 0) is 24.3 Å². The van der Waals surface area contributed by atoms with E-state index < -0.39 is 0 Å². The third-order valence-electron chi connectivity index (χ3n) is 3.54. The summed E-state index contributed by atoms with van der Waals surface area (Å²) in [6, 6.07) is 11.0. The van der Waals surface area contributed by atoms with Crippen molar-refractivity contribution in [3.63, 3.8) is 0 Å². The maximum absolute atomic E-state index is 6.00. The molecule has 0 radical (unpaired) electrons. The Kier molecular flexibility index (Phi) is 4.51. The first-order valence-corrected chi connectivity index (χ1v) is 8.93. The molecule has 0 atom stereocenters. The maximum atomic E-state index is 6.00. The highest BCUT2D eigenvalue weighted by Gasteiger charge is 2.11. The maximum Gasteiger partial charge on any atom is 0.259 e. The standard InChI is InChI=1S/C17H13ClN6OS/c18-12-3-1-2-10(6-12)15-23-16(25-24-15)11-4-5-14(20-7-11)21-8-13-9-26-17(19)22-13/h1-7,9H,8H2,(H2,19,22)(H,20,21). The summed E-state index contributed by atoms with van der Waals surface area (Å²) in [5.41, 5.74) is 8.02. The summed E-state index contributed by atoms with van der Waals surface area (Å²) < 4.78 is 5.33. The molecular formula is C17H13ClN6OS. The Morgan fingerprint density at radius 2 is 2.08 bits per heavy atom. The number of benzene rings is 1. The van der Waals surface area contributed by atoms with Gasteiger partial charge in [0.25, 0.3) is 5.89 Å². The van der Waals surface area contributed by atoms with Gasteiger partial charge in [-0.2, -0.15) is 4.98 Å². The molecule has 3 aromatic heterocycles. The van der Waals surface area contributed by atoms with E-state index in [4.69, 9.17) is 21.9 Å². The second-order valence-corrected chi connectivity index (χ2v) is 6.72. The van der Waals surface area contributed by atoms with Gasteiger partial charge in [0.05, 0.1) is 17.8 Å². The Bertz CT molecular complexity index is 1030. The number of pyridine rings is 1. The molecule has 0 amide bonds. The summed E-state index contributed by atoms with van der Waals surface area (Å²) in [5.74, 6) is 1.59. The predicted octanol–water partition coefficient (Wildman–Crippen LogP) is 4.10. The van der Waals surface area contributed by atoms with E-state index in [1.54, 1.807) is 18.3 Å². The molecule has 0 saturated carbocycles. The summed E-state index contributed by atoms with van der Waals surface area (Å²) in [6.45, 7) is 0.555.